The molecule has 3 N–H and O–H groups in total. The van der Waals surface area contributed by atoms with E-state index in [-0.39, 0.29) is 34.9 Å². The van der Waals surface area contributed by atoms with Crippen molar-refractivity contribution in [1.29, 1.82) is 0 Å². The fourth-order valence-corrected chi connectivity index (χ4v) is 3.43. The number of benzene rings is 2. The van der Waals surface area contributed by atoms with Crippen molar-refractivity contribution >= 4 is 21.8 Å². The minimum atomic E-state index is -1.09. The van der Waals surface area contributed by atoms with Crippen LogP contribution in [0, 0.1) is 18.6 Å². The summed E-state index contributed by atoms with van der Waals surface area (Å²) in [5.74, 6) is -2.06. The molecule has 0 aliphatic heterocycles. The number of aromatic nitrogens is 2. The highest BCUT2D eigenvalue weighted by Crippen LogP contribution is 2.21. The maximum absolute atomic E-state index is 13.8. The highest BCUT2D eigenvalue weighted by molar-refractivity contribution is 9.10. The first-order valence-corrected chi connectivity index (χ1v) is 10.5. The molecular weight excluding hydrogens is 504 g/mol. The number of hydrogen-bond acceptors (Lipinski definition) is 6. The molecule has 1 amide bonds. The highest BCUT2D eigenvalue weighted by atomic mass is 79.9. The third kappa shape index (κ3) is 6.01. The minimum Gasteiger partial charge on any atom is -0.472 e. The number of nitrogens with zero attached hydrogens (tertiary/aromatic N) is 2. The van der Waals surface area contributed by atoms with Crippen molar-refractivity contribution in [2.24, 2.45) is 0 Å². The molecule has 8 nitrogen and oxygen atoms in total. The molecule has 1 aromatic heterocycles. The van der Waals surface area contributed by atoms with Gasteiger partial charge in [-0.1, -0.05) is 6.07 Å². The number of aliphatic hydroxyl groups is 2. The molecule has 0 spiro atoms. The van der Waals surface area contributed by atoms with E-state index in [9.17, 15) is 23.5 Å². The van der Waals surface area contributed by atoms with Gasteiger partial charge in [-0.3, -0.25) is 14.2 Å². The summed E-state index contributed by atoms with van der Waals surface area (Å²) in [5.41, 5.74) is 0.855. The van der Waals surface area contributed by atoms with Gasteiger partial charge in [0.2, 0.25) is 5.88 Å². The lowest BCUT2D eigenvalue weighted by molar-refractivity contribution is 0.0802. The van der Waals surface area contributed by atoms with Crippen molar-refractivity contribution in [3.05, 3.63) is 85.9 Å². The van der Waals surface area contributed by atoms with Crippen molar-refractivity contribution in [2.75, 3.05) is 13.2 Å². The molecule has 11 heteroatoms. The number of carbonyl (C=O) groups is 1. The molecule has 0 radical (unpaired) electrons. The Bertz CT molecular complexity index is 1240. The highest BCUT2D eigenvalue weighted by Gasteiger charge is 2.15. The molecule has 0 saturated carbocycles. The average Bonchev–Trinajstić information content (AvgIpc) is 2.77. The van der Waals surface area contributed by atoms with E-state index in [4.69, 9.17) is 9.84 Å². The van der Waals surface area contributed by atoms with Gasteiger partial charge < -0.3 is 20.3 Å². The topological polar surface area (TPSA) is 114 Å². The predicted molar refractivity (Wildman–Crippen MR) is 118 cm³/mol. The van der Waals surface area contributed by atoms with Gasteiger partial charge >= 0.3 is 0 Å². The molecule has 0 unspecified atom stereocenters. The minimum absolute atomic E-state index is 0.0728. The normalized spacial score (nSPS) is 11.8. The summed E-state index contributed by atoms with van der Waals surface area (Å²) in [6.45, 7) is 0.858. The number of amides is 1. The number of ether oxygens (including phenoxy) is 1. The van der Waals surface area contributed by atoms with E-state index in [0.29, 0.717) is 11.3 Å². The Morgan fingerprint density at radius 2 is 2.00 bits per heavy atom. The molecule has 0 aliphatic carbocycles. The second-order valence-electron chi connectivity index (χ2n) is 7.11. The average molecular weight is 524 g/mol. The van der Waals surface area contributed by atoms with Gasteiger partial charge in [-0.05, 0) is 52.7 Å². The van der Waals surface area contributed by atoms with Crippen LogP contribution in [0.5, 0.6) is 5.88 Å². The number of aliphatic hydroxyl groups excluding tert-OH is 2. The summed E-state index contributed by atoms with van der Waals surface area (Å²) in [7, 11) is 0. The Kier molecular flexibility index (Phi) is 7.90. The van der Waals surface area contributed by atoms with Crippen LogP contribution < -0.4 is 15.6 Å². The summed E-state index contributed by atoms with van der Waals surface area (Å²) < 4.78 is 33.5. The molecule has 1 atom stereocenters. The molecule has 3 rings (SSSR count). The monoisotopic (exact) mass is 523 g/mol. The van der Waals surface area contributed by atoms with Gasteiger partial charge in [0.25, 0.3) is 11.5 Å². The van der Waals surface area contributed by atoms with E-state index >= 15 is 0 Å². The first kappa shape index (κ1) is 24.5. The molecule has 0 bridgehead atoms. The van der Waals surface area contributed by atoms with Gasteiger partial charge in [0.1, 0.15) is 18.2 Å². The molecule has 174 valence electrons. The predicted octanol–water partition coefficient (Wildman–Crippen LogP) is 2.24. The van der Waals surface area contributed by atoms with Crippen molar-refractivity contribution in [3.63, 3.8) is 0 Å². The van der Waals surface area contributed by atoms with Gasteiger partial charge in [0.15, 0.2) is 4.73 Å². The zero-order chi connectivity index (χ0) is 24.1. The summed E-state index contributed by atoms with van der Waals surface area (Å²) in [5, 5.41) is 20.8. The fraction of sp³-hybridized carbons (Fsp3) is 0.227. The quantitative estimate of drug-likeness (QED) is 0.390. The van der Waals surface area contributed by atoms with E-state index in [1.807, 2.05) is 0 Å². The lowest BCUT2D eigenvalue weighted by Crippen LogP contribution is -2.34. The van der Waals surface area contributed by atoms with Gasteiger partial charge in [-0.15, -0.1) is 0 Å². The second-order valence-corrected chi connectivity index (χ2v) is 7.82. The molecule has 0 saturated heterocycles. The molecule has 0 aliphatic rings. The smallest absolute Gasteiger partial charge is 0.262 e. The Balaban J connectivity index is 1.84. The summed E-state index contributed by atoms with van der Waals surface area (Å²) in [6, 6.07) is 8.86. The van der Waals surface area contributed by atoms with Crippen molar-refractivity contribution < 1.29 is 28.5 Å². The van der Waals surface area contributed by atoms with Crippen LogP contribution in [-0.4, -0.2) is 44.9 Å². The van der Waals surface area contributed by atoms with Crippen LogP contribution in [0.25, 0.3) is 5.69 Å². The second kappa shape index (κ2) is 10.6. The summed E-state index contributed by atoms with van der Waals surface area (Å²) >= 11 is 3.23. The fourth-order valence-electron chi connectivity index (χ4n) is 2.89. The van der Waals surface area contributed by atoms with Crippen LogP contribution in [0.2, 0.25) is 0 Å². The number of carbonyl (C=O) groups excluding carboxylic acids is 1. The maximum Gasteiger partial charge on any atom is 0.262 e. The van der Waals surface area contributed by atoms with Crippen molar-refractivity contribution in [2.45, 2.75) is 19.6 Å². The summed E-state index contributed by atoms with van der Waals surface area (Å²) in [6.07, 6.45) is -1.09. The van der Waals surface area contributed by atoms with E-state index < -0.39 is 35.8 Å². The molecule has 3 aromatic rings. The van der Waals surface area contributed by atoms with Crippen LogP contribution in [0.4, 0.5) is 8.78 Å². The Morgan fingerprint density at radius 3 is 2.67 bits per heavy atom. The van der Waals surface area contributed by atoms with Gasteiger partial charge in [-0.2, -0.15) is 4.98 Å². The van der Waals surface area contributed by atoms with E-state index in [1.54, 1.807) is 19.1 Å². The maximum atomic E-state index is 13.8. The first-order chi connectivity index (χ1) is 15.7. The van der Waals surface area contributed by atoms with Gasteiger partial charge in [0.05, 0.1) is 24.5 Å². The van der Waals surface area contributed by atoms with Crippen molar-refractivity contribution in [3.8, 4) is 11.6 Å². The number of hydrogen-bond donors (Lipinski definition) is 3. The third-order valence-corrected chi connectivity index (χ3v) is 5.20. The summed E-state index contributed by atoms with van der Waals surface area (Å²) in [4.78, 5) is 29.3. The van der Waals surface area contributed by atoms with Crippen LogP contribution in [-0.2, 0) is 6.61 Å². The van der Waals surface area contributed by atoms with E-state index in [2.05, 4.69) is 26.2 Å². The molecule has 0 fully saturated rings. The zero-order valence-electron chi connectivity index (χ0n) is 17.4. The standard InChI is InChI=1S/C22H20BrF2N3O5/c1-12-2-3-13(21(32)26-9-16(30)10-29)6-18(12)28-20(31)8-19(27-22(28)23)33-11-14-4-5-15(24)7-17(14)25/h2-8,16,29-30H,9-11H2,1H3,(H,26,32)/t16-/m1/s1. The van der Waals surface area contributed by atoms with Crippen LogP contribution >= 0.6 is 15.9 Å². The van der Waals surface area contributed by atoms with Crippen LogP contribution in [0.1, 0.15) is 21.5 Å². The SMILES string of the molecule is Cc1ccc(C(=O)NC[C@@H](O)CO)cc1-n1c(Br)nc(OCc2ccc(F)cc2F)cc1=O. The first-order valence-electron chi connectivity index (χ1n) is 9.74. The van der Waals surface area contributed by atoms with E-state index in [0.717, 1.165) is 18.2 Å². The van der Waals surface area contributed by atoms with Gasteiger partial charge in [0, 0.05) is 23.7 Å². The third-order valence-electron chi connectivity index (χ3n) is 4.67. The number of aryl methyl sites for hydroxylation is 1. The lowest BCUT2D eigenvalue weighted by atomic mass is 10.1. The molecule has 33 heavy (non-hydrogen) atoms. The number of nitrogens with one attached hydrogen (secondary N) is 1. The Labute approximate surface area is 195 Å². The lowest BCUT2D eigenvalue weighted by Gasteiger charge is -2.15. The van der Waals surface area contributed by atoms with Gasteiger partial charge in [-0.25, -0.2) is 8.78 Å². The van der Waals surface area contributed by atoms with Crippen LogP contribution in [0.3, 0.4) is 0 Å². The Morgan fingerprint density at radius 1 is 1.24 bits per heavy atom. The Hall–Kier alpha value is -3.15. The zero-order valence-corrected chi connectivity index (χ0v) is 19.0. The molecule has 1 heterocycles. The van der Waals surface area contributed by atoms with Crippen molar-refractivity contribution in [1.82, 2.24) is 14.9 Å². The van der Waals surface area contributed by atoms with Crippen LogP contribution in [0.15, 0.2) is 52.0 Å². The molecular formula is C22H20BrF2N3O5. The number of halogens is 3. The van der Waals surface area contributed by atoms with E-state index in [1.165, 1.54) is 16.7 Å². The number of rotatable bonds is 8. The molecule has 2 aromatic carbocycles. The largest absolute Gasteiger partial charge is 0.472 e.